The van der Waals surface area contributed by atoms with Crippen molar-refractivity contribution in [3.63, 3.8) is 0 Å². The molecule has 0 atom stereocenters. The highest BCUT2D eigenvalue weighted by atomic mass is 15.6. The number of allylic oxidation sites excluding steroid dienone is 1. The number of hydrogen-bond acceptors (Lipinski definition) is 4. The van der Waals surface area contributed by atoms with Crippen LogP contribution in [0.1, 0.15) is 5.56 Å². The first-order valence-corrected chi connectivity index (χ1v) is 6.97. The molecule has 2 aliphatic rings. The molecule has 19 heavy (non-hydrogen) atoms. The van der Waals surface area contributed by atoms with Gasteiger partial charge in [0.2, 0.25) is 0 Å². The zero-order chi connectivity index (χ0) is 13.2. The number of benzene rings is 1. The van der Waals surface area contributed by atoms with Crippen LogP contribution < -0.4 is 15.2 Å². The first-order chi connectivity index (χ1) is 9.25. The van der Waals surface area contributed by atoms with Gasteiger partial charge in [0.1, 0.15) is 0 Å². The van der Waals surface area contributed by atoms with Crippen molar-refractivity contribution in [1.29, 1.82) is 0 Å². The summed E-state index contributed by atoms with van der Waals surface area (Å²) in [5, 5.41) is 7.71. The summed E-state index contributed by atoms with van der Waals surface area (Å²) >= 11 is 0. The van der Waals surface area contributed by atoms with Crippen LogP contribution in [0.25, 0.3) is 0 Å². The highest BCUT2D eigenvalue weighted by molar-refractivity contribution is 5.64. The van der Waals surface area contributed by atoms with Crippen LogP contribution in [-0.2, 0) is 6.42 Å². The molecule has 1 N–H and O–H groups in total. The van der Waals surface area contributed by atoms with Crippen LogP contribution in [0.2, 0.25) is 0 Å². The fourth-order valence-corrected chi connectivity index (χ4v) is 2.79. The largest absolute Gasteiger partial charge is 0.369 e. The molecule has 0 unspecified atom stereocenters. The Hall–Kier alpha value is -1.52. The number of rotatable bonds is 2. The maximum Gasteiger partial charge on any atom is 0.0609 e. The second-order valence-electron chi connectivity index (χ2n) is 5.33. The van der Waals surface area contributed by atoms with Crippen LogP contribution >= 0.6 is 0 Å². The molecule has 102 valence electrons. The Morgan fingerprint density at radius 1 is 1.16 bits per heavy atom. The second kappa shape index (κ2) is 5.23. The van der Waals surface area contributed by atoms with Crippen LogP contribution in [0.4, 0.5) is 11.4 Å². The van der Waals surface area contributed by atoms with E-state index in [1.165, 1.54) is 16.9 Å². The average molecular weight is 258 g/mol. The molecule has 0 spiro atoms. The minimum Gasteiger partial charge on any atom is -0.369 e. The SMILES string of the molecule is CN(C)N1C=CCc2cc(N3CCNCC3)ccc21. The number of anilines is 2. The van der Waals surface area contributed by atoms with Crippen molar-refractivity contribution in [3.8, 4) is 0 Å². The maximum absolute atomic E-state index is 3.40. The number of hydrogen-bond donors (Lipinski definition) is 1. The Morgan fingerprint density at radius 2 is 1.95 bits per heavy atom. The van der Waals surface area contributed by atoms with Crippen molar-refractivity contribution < 1.29 is 0 Å². The summed E-state index contributed by atoms with van der Waals surface area (Å²) in [4.78, 5) is 2.47. The first-order valence-electron chi connectivity index (χ1n) is 6.97. The molecule has 1 fully saturated rings. The molecule has 0 amide bonds. The third-order valence-corrected chi connectivity index (χ3v) is 3.81. The molecule has 1 aromatic rings. The fraction of sp³-hybridized carbons (Fsp3) is 0.467. The smallest absolute Gasteiger partial charge is 0.0609 e. The number of fused-ring (bicyclic) bond motifs is 1. The van der Waals surface area contributed by atoms with Gasteiger partial charge in [-0.05, 0) is 30.2 Å². The Balaban J connectivity index is 1.88. The lowest BCUT2D eigenvalue weighted by Crippen LogP contribution is -2.43. The molecule has 0 aromatic heterocycles. The molecule has 4 heteroatoms. The second-order valence-corrected chi connectivity index (χ2v) is 5.33. The third kappa shape index (κ3) is 2.46. The van der Waals surface area contributed by atoms with Gasteiger partial charge in [-0.25, -0.2) is 5.01 Å². The van der Waals surface area contributed by atoms with Gasteiger partial charge in [-0.15, -0.1) is 0 Å². The Bertz CT molecular complexity index is 475. The van der Waals surface area contributed by atoms with E-state index in [4.69, 9.17) is 0 Å². The van der Waals surface area contributed by atoms with E-state index in [9.17, 15) is 0 Å². The van der Waals surface area contributed by atoms with Crippen molar-refractivity contribution in [3.05, 3.63) is 36.0 Å². The lowest BCUT2D eigenvalue weighted by Gasteiger charge is -2.34. The van der Waals surface area contributed by atoms with Gasteiger partial charge >= 0.3 is 0 Å². The predicted octanol–water partition coefficient (Wildman–Crippen LogP) is 1.45. The van der Waals surface area contributed by atoms with Crippen molar-refractivity contribution >= 4 is 11.4 Å². The molecule has 1 aromatic carbocycles. The summed E-state index contributed by atoms with van der Waals surface area (Å²) in [6.45, 7) is 4.37. The van der Waals surface area contributed by atoms with E-state index in [1.54, 1.807) is 0 Å². The highest BCUT2D eigenvalue weighted by Crippen LogP contribution is 2.30. The Morgan fingerprint density at radius 3 is 2.68 bits per heavy atom. The van der Waals surface area contributed by atoms with Crippen LogP contribution in [0.3, 0.4) is 0 Å². The predicted molar refractivity (Wildman–Crippen MR) is 80.5 cm³/mol. The van der Waals surface area contributed by atoms with Gasteiger partial charge in [0.25, 0.3) is 0 Å². The molecule has 4 nitrogen and oxygen atoms in total. The van der Waals surface area contributed by atoms with Crippen LogP contribution in [0.5, 0.6) is 0 Å². The minimum atomic E-state index is 1.03. The van der Waals surface area contributed by atoms with E-state index in [1.807, 2.05) is 0 Å². The van der Waals surface area contributed by atoms with Gasteiger partial charge in [0, 0.05) is 52.2 Å². The number of nitrogens with one attached hydrogen (secondary N) is 1. The number of nitrogens with zero attached hydrogens (tertiary/aromatic N) is 3. The van der Waals surface area contributed by atoms with E-state index < -0.39 is 0 Å². The van der Waals surface area contributed by atoms with E-state index in [2.05, 4.69) is 64.8 Å². The van der Waals surface area contributed by atoms with Crippen molar-refractivity contribution in [2.75, 3.05) is 50.2 Å². The standard InChI is InChI=1S/C15H22N4/c1-17(2)19-9-3-4-13-12-14(5-6-15(13)19)18-10-7-16-8-11-18/h3,5-6,9,12,16H,4,7-8,10-11H2,1-2H3. The van der Waals surface area contributed by atoms with Gasteiger partial charge in [-0.1, -0.05) is 6.08 Å². The quantitative estimate of drug-likeness (QED) is 0.866. The van der Waals surface area contributed by atoms with Crippen molar-refractivity contribution in [1.82, 2.24) is 10.3 Å². The minimum absolute atomic E-state index is 1.03. The fourth-order valence-electron chi connectivity index (χ4n) is 2.79. The van der Waals surface area contributed by atoms with E-state index in [0.29, 0.717) is 0 Å². The molecule has 0 bridgehead atoms. The van der Waals surface area contributed by atoms with Crippen LogP contribution in [0, 0.1) is 0 Å². The molecule has 1 saturated heterocycles. The molecule has 0 saturated carbocycles. The zero-order valence-electron chi connectivity index (χ0n) is 11.8. The van der Waals surface area contributed by atoms with Crippen LogP contribution in [0.15, 0.2) is 30.5 Å². The molecular formula is C15H22N4. The lowest BCUT2D eigenvalue weighted by molar-refractivity contribution is 0.410. The van der Waals surface area contributed by atoms with Crippen LogP contribution in [-0.4, -0.2) is 45.3 Å². The topological polar surface area (TPSA) is 21.8 Å². The molecule has 0 radical (unpaired) electrons. The number of piperazine rings is 1. The third-order valence-electron chi connectivity index (χ3n) is 3.81. The monoisotopic (exact) mass is 258 g/mol. The Kier molecular flexibility index (Phi) is 3.44. The molecule has 0 aliphatic carbocycles. The van der Waals surface area contributed by atoms with Gasteiger partial charge in [0.15, 0.2) is 0 Å². The summed E-state index contributed by atoms with van der Waals surface area (Å²) in [6.07, 6.45) is 5.40. The maximum atomic E-state index is 3.40. The summed E-state index contributed by atoms with van der Waals surface area (Å²) in [5.41, 5.74) is 4.06. The highest BCUT2D eigenvalue weighted by Gasteiger charge is 2.17. The Labute approximate surface area is 115 Å². The first kappa shape index (κ1) is 12.5. The lowest BCUT2D eigenvalue weighted by atomic mass is 10.0. The van der Waals surface area contributed by atoms with Gasteiger partial charge in [-0.3, -0.25) is 5.01 Å². The summed E-state index contributed by atoms with van der Waals surface area (Å²) in [5.74, 6) is 0. The molecule has 3 rings (SSSR count). The van der Waals surface area contributed by atoms with E-state index >= 15 is 0 Å². The van der Waals surface area contributed by atoms with Gasteiger partial charge < -0.3 is 10.2 Å². The van der Waals surface area contributed by atoms with E-state index in [-0.39, 0.29) is 0 Å². The molecular weight excluding hydrogens is 236 g/mol. The summed E-state index contributed by atoms with van der Waals surface area (Å²) in [6, 6.07) is 6.84. The normalized spacial score (nSPS) is 18.9. The van der Waals surface area contributed by atoms with Crippen molar-refractivity contribution in [2.45, 2.75) is 6.42 Å². The van der Waals surface area contributed by atoms with E-state index in [0.717, 1.165) is 32.6 Å². The van der Waals surface area contributed by atoms with Crippen molar-refractivity contribution in [2.24, 2.45) is 0 Å². The number of hydrazine groups is 1. The van der Waals surface area contributed by atoms with Gasteiger partial charge in [-0.2, -0.15) is 0 Å². The zero-order valence-corrected chi connectivity index (χ0v) is 11.8. The molecule has 2 aliphatic heterocycles. The summed E-state index contributed by atoms with van der Waals surface area (Å²) in [7, 11) is 4.15. The van der Waals surface area contributed by atoms with Gasteiger partial charge in [0.05, 0.1) is 5.69 Å². The molecule has 2 heterocycles. The average Bonchev–Trinajstić information content (AvgIpc) is 2.47. The summed E-state index contributed by atoms with van der Waals surface area (Å²) < 4.78 is 0.